The first-order valence-corrected chi connectivity index (χ1v) is 9.05. The zero-order valence-electron chi connectivity index (χ0n) is 15.1. The van der Waals surface area contributed by atoms with E-state index in [9.17, 15) is 22.8 Å². The summed E-state index contributed by atoms with van der Waals surface area (Å²) in [5.41, 5.74) is -0.965. The molecule has 0 spiro atoms. The number of amides is 1. The normalized spacial score (nSPS) is 18.3. The highest BCUT2D eigenvalue weighted by Gasteiger charge is 2.33. The zero-order chi connectivity index (χ0) is 20.5. The Balaban J connectivity index is 1.89. The molecule has 1 aromatic heterocycles. The SMILES string of the molecule is CN1CCN(C(=O)Cn2cc(C(F)(F)F)cc(Cl)c2=O)C(c2ccccc2)C1. The van der Waals surface area contributed by atoms with Crippen LogP contribution in [-0.2, 0) is 17.5 Å². The summed E-state index contributed by atoms with van der Waals surface area (Å²) in [6.45, 7) is 1.13. The van der Waals surface area contributed by atoms with Crippen LogP contribution in [0, 0.1) is 0 Å². The molecule has 1 unspecified atom stereocenters. The van der Waals surface area contributed by atoms with Crippen LogP contribution < -0.4 is 5.56 Å². The van der Waals surface area contributed by atoms with Gasteiger partial charge in [-0.05, 0) is 18.7 Å². The van der Waals surface area contributed by atoms with E-state index < -0.39 is 34.8 Å². The highest BCUT2D eigenvalue weighted by molar-refractivity contribution is 6.30. The van der Waals surface area contributed by atoms with Crippen LogP contribution in [0.4, 0.5) is 13.2 Å². The first kappa shape index (κ1) is 20.4. The minimum Gasteiger partial charge on any atom is -0.332 e. The maximum absolute atomic E-state index is 13.0. The summed E-state index contributed by atoms with van der Waals surface area (Å²) < 4.78 is 39.8. The molecule has 0 saturated carbocycles. The molecule has 1 aliphatic rings. The minimum absolute atomic E-state index is 0.246. The van der Waals surface area contributed by atoms with Gasteiger partial charge in [0.15, 0.2) is 0 Å². The van der Waals surface area contributed by atoms with Crippen LogP contribution in [0.5, 0.6) is 0 Å². The van der Waals surface area contributed by atoms with E-state index in [1.54, 1.807) is 4.90 Å². The van der Waals surface area contributed by atoms with Crippen molar-refractivity contribution in [3.8, 4) is 0 Å². The predicted molar refractivity (Wildman–Crippen MR) is 99.1 cm³/mol. The number of aromatic nitrogens is 1. The van der Waals surface area contributed by atoms with Crippen molar-refractivity contribution in [3.63, 3.8) is 0 Å². The summed E-state index contributed by atoms with van der Waals surface area (Å²) >= 11 is 5.67. The van der Waals surface area contributed by atoms with Gasteiger partial charge in [-0.15, -0.1) is 0 Å². The van der Waals surface area contributed by atoms with Gasteiger partial charge in [-0.25, -0.2) is 0 Å². The monoisotopic (exact) mass is 413 g/mol. The van der Waals surface area contributed by atoms with E-state index in [2.05, 4.69) is 4.90 Å². The van der Waals surface area contributed by atoms with Crippen LogP contribution in [-0.4, -0.2) is 47.0 Å². The van der Waals surface area contributed by atoms with E-state index in [0.717, 1.165) is 10.1 Å². The molecular formula is C19H19ClF3N3O2. The Kier molecular flexibility index (Phi) is 5.81. The fourth-order valence-electron chi connectivity index (χ4n) is 3.29. The molecule has 3 rings (SSSR count). The number of likely N-dealkylation sites (N-methyl/N-ethyl adjacent to an activating group) is 1. The van der Waals surface area contributed by atoms with Gasteiger partial charge in [-0.1, -0.05) is 41.9 Å². The van der Waals surface area contributed by atoms with Gasteiger partial charge in [-0.2, -0.15) is 13.2 Å². The fraction of sp³-hybridized carbons (Fsp3) is 0.368. The lowest BCUT2D eigenvalue weighted by molar-refractivity contribution is -0.140. The van der Waals surface area contributed by atoms with E-state index in [1.165, 1.54) is 0 Å². The van der Waals surface area contributed by atoms with Crippen molar-refractivity contribution in [1.29, 1.82) is 0 Å². The number of piperazine rings is 1. The Morgan fingerprint density at radius 3 is 2.54 bits per heavy atom. The quantitative estimate of drug-likeness (QED) is 0.777. The molecule has 0 aliphatic carbocycles. The summed E-state index contributed by atoms with van der Waals surface area (Å²) in [7, 11) is 1.94. The molecule has 28 heavy (non-hydrogen) atoms. The van der Waals surface area contributed by atoms with Gasteiger partial charge < -0.3 is 14.4 Å². The molecule has 1 fully saturated rings. The smallest absolute Gasteiger partial charge is 0.332 e. The average molecular weight is 414 g/mol. The molecule has 2 heterocycles. The van der Waals surface area contributed by atoms with Gasteiger partial charge in [0.05, 0.1) is 11.6 Å². The number of pyridine rings is 1. The van der Waals surface area contributed by atoms with E-state index in [4.69, 9.17) is 11.6 Å². The number of halogens is 4. The molecule has 0 N–H and O–H groups in total. The van der Waals surface area contributed by atoms with Gasteiger partial charge >= 0.3 is 6.18 Å². The molecular weight excluding hydrogens is 395 g/mol. The molecule has 2 aromatic rings. The van der Waals surface area contributed by atoms with Crippen LogP contribution in [0.2, 0.25) is 5.02 Å². The molecule has 9 heteroatoms. The zero-order valence-corrected chi connectivity index (χ0v) is 15.9. The van der Waals surface area contributed by atoms with E-state index in [0.29, 0.717) is 31.9 Å². The number of nitrogens with zero attached hydrogens (tertiary/aromatic N) is 3. The van der Waals surface area contributed by atoms with Crippen molar-refractivity contribution in [2.75, 3.05) is 26.7 Å². The van der Waals surface area contributed by atoms with E-state index in [1.807, 2.05) is 37.4 Å². The summed E-state index contributed by atoms with van der Waals surface area (Å²) in [5, 5.41) is -0.569. The third kappa shape index (κ3) is 4.39. The lowest BCUT2D eigenvalue weighted by atomic mass is 10.0. The van der Waals surface area contributed by atoms with Gasteiger partial charge in [-0.3, -0.25) is 9.59 Å². The van der Waals surface area contributed by atoms with Crippen LogP contribution in [0.25, 0.3) is 0 Å². The molecule has 1 saturated heterocycles. The maximum atomic E-state index is 13.0. The van der Waals surface area contributed by atoms with Crippen LogP contribution in [0.1, 0.15) is 17.2 Å². The van der Waals surface area contributed by atoms with Crippen LogP contribution >= 0.6 is 11.6 Å². The Morgan fingerprint density at radius 2 is 1.89 bits per heavy atom. The van der Waals surface area contributed by atoms with Crippen molar-refractivity contribution < 1.29 is 18.0 Å². The van der Waals surface area contributed by atoms with Gasteiger partial charge in [0.25, 0.3) is 5.56 Å². The summed E-state index contributed by atoms with van der Waals surface area (Å²) in [6.07, 6.45) is -4.03. The van der Waals surface area contributed by atoms with Gasteiger partial charge in [0, 0.05) is 25.8 Å². The Hall–Kier alpha value is -2.32. The first-order valence-electron chi connectivity index (χ1n) is 8.67. The number of benzene rings is 1. The molecule has 5 nitrogen and oxygen atoms in total. The predicted octanol–water partition coefficient (Wildman–Crippen LogP) is 3.04. The average Bonchev–Trinajstić information content (AvgIpc) is 2.65. The standard InChI is InChI=1S/C19H19ClF3N3O2/c1-24-7-8-26(16(11-24)13-5-3-2-4-6-13)17(27)12-25-10-14(19(21,22)23)9-15(20)18(25)28/h2-6,9-10,16H,7-8,11-12H2,1H3. The lowest BCUT2D eigenvalue weighted by Crippen LogP contribution is -2.50. The highest BCUT2D eigenvalue weighted by Crippen LogP contribution is 2.30. The minimum atomic E-state index is -4.66. The number of alkyl halides is 3. The summed E-state index contributed by atoms with van der Waals surface area (Å²) in [6, 6.07) is 9.73. The second-order valence-corrected chi connectivity index (χ2v) is 7.19. The molecule has 1 aliphatic heterocycles. The maximum Gasteiger partial charge on any atom is 0.417 e. The molecule has 1 aromatic carbocycles. The fourth-order valence-corrected chi connectivity index (χ4v) is 3.51. The van der Waals surface area contributed by atoms with E-state index >= 15 is 0 Å². The van der Waals surface area contributed by atoms with Crippen molar-refractivity contribution >= 4 is 17.5 Å². The Morgan fingerprint density at radius 1 is 1.21 bits per heavy atom. The van der Waals surface area contributed by atoms with Gasteiger partial charge in [0.1, 0.15) is 11.6 Å². The third-order valence-corrected chi connectivity index (χ3v) is 5.03. The lowest BCUT2D eigenvalue weighted by Gasteiger charge is -2.40. The second kappa shape index (κ2) is 7.97. The Bertz CT molecular complexity index is 915. The first-order chi connectivity index (χ1) is 13.2. The number of hydrogen-bond acceptors (Lipinski definition) is 3. The molecule has 0 bridgehead atoms. The largest absolute Gasteiger partial charge is 0.417 e. The Labute approximate surface area is 164 Å². The molecule has 0 radical (unpaired) electrons. The van der Waals surface area contributed by atoms with Crippen molar-refractivity contribution in [3.05, 3.63) is 69.1 Å². The number of rotatable bonds is 3. The van der Waals surface area contributed by atoms with E-state index in [-0.39, 0.29) is 6.04 Å². The van der Waals surface area contributed by atoms with Crippen LogP contribution in [0.3, 0.4) is 0 Å². The highest BCUT2D eigenvalue weighted by atomic mass is 35.5. The number of carbonyl (C=O) groups is 1. The van der Waals surface area contributed by atoms with Crippen molar-refractivity contribution in [2.24, 2.45) is 0 Å². The molecule has 150 valence electrons. The second-order valence-electron chi connectivity index (χ2n) is 6.78. The van der Waals surface area contributed by atoms with Crippen molar-refractivity contribution in [2.45, 2.75) is 18.8 Å². The summed E-state index contributed by atoms with van der Waals surface area (Å²) in [5.74, 6) is -0.431. The number of hydrogen-bond donors (Lipinski definition) is 0. The summed E-state index contributed by atoms with van der Waals surface area (Å²) in [4.78, 5) is 28.7. The molecule has 1 atom stereocenters. The topological polar surface area (TPSA) is 45.5 Å². The third-order valence-electron chi connectivity index (χ3n) is 4.76. The molecule has 1 amide bonds. The van der Waals surface area contributed by atoms with Crippen molar-refractivity contribution in [1.82, 2.24) is 14.4 Å². The van der Waals surface area contributed by atoms with Gasteiger partial charge in [0.2, 0.25) is 5.91 Å². The number of carbonyl (C=O) groups excluding carboxylic acids is 1. The van der Waals surface area contributed by atoms with Crippen LogP contribution in [0.15, 0.2) is 47.4 Å².